The molecule has 1 aromatic carbocycles. The number of anilines is 1. The topological polar surface area (TPSA) is 50.2 Å². The first kappa shape index (κ1) is 19.8. The number of aromatic nitrogens is 2. The molecule has 8 heteroatoms. The summed E-state index contributed by atoms with van der Waals surface area (Å²) in [7, 11) is 2.09. The normalized spacial score (nSPS) is 20.5. The van der Waals surface area contributed by atoms with Gasteiger partial charge < -0.3 is 10.2 Å². The number of halogens is 3. The maximum Gasteiger partial charge on any atom is 0.433 e. The molecule has 2 aliphatic rings. The Morgan fingerprint density at radius 2 is 1.94 bits per heavy atom. The van der Waals surface area contributed by atoms with Crippen LogP contribution in [-0.2, 0) is 6.18 Å². The van der Waals surface area contributed by atoms with E-state index in [0.29, 0.717) is 23.1 Å². The summed E-state index contributed by atoms with van der Waals surface area (Å²) in [6.07, 6.45) is -0.601. The molecule has 1 saturated heterocycles. The van der Waals surface area contributed by atoms with Gasteiger partial charge in [-0.2, -0.15) is 13.2 Å². The Balaban J connectivity index is 1.46. The lowest BCUT2D eigenvalue weighted by molar-refractivity contribution is -0.141. The fourth-order valence-corrected chi connectivity index (χ4v) is 4.70. The first-order valence-corrected chi connectivity index (χ1v) is 10.2. The quantitative estimate of drug-likeness (QED) is 0.677. The third-order valence-corrected chi connectivity index (χ3v) is 6.33. The van der Waals surface area contributed by atoms with Crippen molar-refractivity contribution in [2.24, 2.45) is 0 Å². The monoisotopic (exact) mass is 426 g/mol. The standard InChI is InChI=1S/C23H21F3N4O/c1-29-19-11-16(3-4-17(19)18-6-8-27-13-20(18)29)30-9-7-14(10-22(30)31)15-2-5-21(28-12-15)23(24,25)26/h2-5,7,9-12,18,20,27H,6,8,13H2,1H3. The summed E-state index contributed by atoms with van der Waals surface area (Å²) in [6, 6.07) is 11.9. The lowest BCUT2D eigenvalue weighted by Crippen LogP contribution is -2.44. The summed E-state index contributed by atoms with van der Waals surface area (Å²) in [5, 5.41) is 3.45. The molecule has 0 spiro atoms. The number of nitrogens with zero attached hydrogens (tertiary/aromatic N) is 3. The van der Waals surface area contributed by atoms with Gasteiger partial charge in [0.25, 0.3) is 5.56 Å². The molecule has 2 atom stereocenters. The van der Waals surface area contributed by atoms with Gasteiger partial charge >= 0.3 is 6.18 Å². The molecule has 31 heavy (non-hydrogen) atoms. The number of piperidine rings is 1. The second-order valence-corrected chi connectivity index (χ2v) is 8.07. The van der Waals surface area contributed by atoms with Crippen LogP contribution in [-0.4, -0.2) is 35.7 Å². The van der Waals surface area contributed by atoms with E-state index in [2.05, 4.69) is 28.3 Å². The minimum Gasteiger partial charge on any atom is -0.369 e. The fraction of sp³-hybridized carbons (Fsp3) is 0.304. The lowest BCUT2D eigenvalue weighted by atomic mass is 9.89. The highest BCUT2D eigenvalue weighted by Crippen LogP contribution is 2.43. The molecule has 0 radical (unpaired) electrons. The number of nitrogens with one attached hydrogen (secondary N) is 1. The Morgan fingerprint density at radius 1 is 1.10 bits per heavy atom. The molecule has 3 aromatic rings. The molecule has 4 heterocycles. The van der Waals surface area contributed by atoms with Crippen molar-refractivity contribution in [1.29, 1.82) is 0 Å². The summed E-state index contributed by atoms with van der Waals surface area (Å²) in [5.41, 5.74) is 3.00. The summed E-state index contributed by atoms with van der Waals surface area (Å²) < 4.78 is 39.7. The van der Waals surface area contributed by atoms with Gasteiger partial charge in [0.15, 0.2) is 0 Å². The van der Waals surface area contributed by atoms with Crippen molar-refractivity contribution in [2.75, 3.05) is 25.0 Å². The van der Waals surface area contributed by atoms with Crippen LogP contribution in [0, 0.1) is 0 Å². The number of likely N-dealkylation sites (N-methyl/N-ethyl adjacent to an activating group) is 1. The van der Waals surface area contributed by atoms with Crippen molar-refractivity contribution >= 4 is 5.69 Å². The number of rotatable bonds is 2. The van der Waals surface area contributed by atoms with E-state index in [1.807, 2.05) is 12.1 Å². The predicted octanol–water partition coefficient (Wildman–Crippen LogP) is 3.81. The summed E-state index contributed by atoms with van der Waals surface area (Å²) in [4.78, 5) is 18.6. The molecule has 2 aliphatic heterocycles. The van der Waals surface area contributed by atoms with Gasteiger partial charge in [-0.15, -0.1) is 0 Å². The largest absolute Gasteiger partial charge is 0.433 e. The van der Waals surface area contributed by atoms with Crippen molar-refractivity contribution < 1.29 is 13.2 Å². The van der Waals surface area contributed by atoms with Crippen LogP contribution < -0.4 is 15.8 Å². The van der Waals surface area contributed by atoms with Gasteiger partial charge in [-0.3, -0.25) is 14.3 Å². The smallest absolute Gasteiger partial charge is 0.369 e. The van der Waals surface area contributed by atoms with E-state index >= 15 is 0 Å². The molecule has 5 rings (SSSR count). The maximum absolute atomic E-state index is 12.8. The molecule has 1 N–H and O–H groups in total. The van der Waals surface area contributed by atoms with Gasteiger partial charge in [-0.1, -0.05) is 12.1 Å². The Morgan fingerprint density at radius 3 is 2.65 bits per heavy atom. The molecular formula is C23H21F3N4O. The first-order chi connectivity index (χ1) is 14.8. The number of pyridine rings is 2. The summed E-state index contributed by atoms with van der Waals surface area (Å²) in [6.45, 7) is 1.96. The average molecular weight is 426 g/mol. The van der Waals surface area contributed by atoms with Crippen LogP contribution in [0.5, 0.6) is 0 Å². The van der Waals surface area contributed by atoms with E-state index in [1.165, 1.54) is 17.7 Å². The van der Waals surface area contributed by atoms with Crippen LogP contribution in [0.3, 0.4) is 0 Å². The number of alkyl halides is 3. The highest BCUT2D eigenvalue weighted by atomic mass is 19.4. The highest BCUT2D eigenvalue weighted by molar-refractivity contribution is 5.66. The van der Waals surface area contributed by atoms with E-state index in [0.717, 1.165) is 43.1 Å². The first-order valence-electron chi connectivity index (χ1n) is 10.2. The minimum absolute atomic E-state index is 0.253. The van der Waals surface area contributed by atoms with Gasteiger partial charge in [-0.25, -0.2) is 0 Å². The van der Waals surface area contributed by atoms with Crippen molar-refractivity contribution in [1.82, 2.24) is 14.9 Å². The van der Waals surface area contributed by atoms with Crippen molar-refractivity contribution in [2.45, 2.75) is 24.6 Å². The van der Waals surface area contributed by atoms with E-state index in [9.17, 15) is 18.0 Å². The Kier molecular flexibility index (Phi) is 4.62. The molecule has 2 unspecified atom stereocenters. The van der Waals surface area contributed by atoms with Gasteiger partial charge in [0, 0.05) is 55.3 Å². The number of hydrogen-bond donors (Lipinski definition) is 1. The molecule has 160 valence electrons. The van der Waals surface area contributed by atoms with Gasteiger partial charge in [-0.05, 0) is 48.4 Å². The van der Waals surface area contributed by atoms with E-state index in [1.54, 1.807) is 16.8 Å². The summed E-state index contributed by atoms with van der Waals surface area (Å²) >= 11 is 0. The van der Waals surface area contributed by atoms with Crippen LogP contribution >= 0.6 is 0 Å². The highest BCUT2D eigenvalue weighted by Gasteiger charge is 2.38. The lowest BCUT2D eigenvalue weighted by Gasteiger charge is -2.31. The minimum atomic E-state index is -4.49. The average Bonchev–Trinajstić information content (AvgIpc) is 3.05. The molecule has 0 aliphatic carbocycles. The predicted molar refractivity (Wildman–Crippen MR) is 113 cm³/mol. The van der Waals surface area contributed by atoms with E-state index in [-0.39, 0.29) is 5.56 Å². The van der Waals surface area contributed by atoms with Crippen molar-refractivity contribution in [3.05, 3.63) is 76.5 Å². The Hall–Kier alpha value is -3.13. The number of fused-ring (bicyclic) bond motifs is 3. The zero-order valence-electron chi connectivity index (χ0n) is 16.9. The third-order valence-electron chi connectivity index (χ3n) is 6.33. The van der Waals surface area contributed by atoms with Crippen LogP contribution in [0.1, 0.15) is 23.6 Å². The third kappa shape index (κ3) is 3.40. The summed E-state index contributed by atoms with van der Waals surface area (Å²) in [5.74, 6) is 0.501. The number of benzene rings is 1. The zero-order chi connectivity index (χ0) is 21.8. The van der Waals surface area contributed by atoms with Gasteiger partial charge in [0.1, 0.15) is 5.69 Å². The van der Waals surface area contributed by atoms with Crippen LogP contribution in [0.4, 0.5) is 18.9 Å². The van der Waals surface area contributed by atoms with E-state index in [4.69, 9.17) is 0 Å². The zero-order valence-corrected chi connectivity index (χ0v) is 16.9. The fourth-order valence-electron chi connectivity index (χ4n) is 4.70. The second-order valence-electron chi connectivity index (χ2n) is 8.07. The Labute approximate surface area is 177 Å². The van der Waals surface area contributed by atoms with Gasteiger partial charge in [0.05, 0.1) is 5.69 Å². The van der Waals surface area contributed by atoms with Crippen molar-refractivity contribution in [3.63, 3.8) is 0 Å². The molecule has 0 bridgehead atoms. The molecule has 0 amide bonds. The molecule has 2 aromatic heterocycles. The van der Waals surface area contributed by atoms with Crippen LogP contribution in [0.2, 0.25) is 0 Å². The molecule has 1 fully saturated rings. The second kappa shape index (κ2) is 7.23. The molecule has 5 nitrogen and oxygen atoms in total. The van der Waals surface area contributed by atoms with E-state index < -0.39 is 11.9 Å². The number of hydrogen-bond acceptors (Lipinski definition) is 4. The molecular weight excluding hydrogens is 405 g/mol. The SMILES string of the molecule is CN1c2cc(-n3ccc(-c4ccc(C(F)(F)F)nc4)cc3=O)ccc2C2CCNCC21. The molecule has 0 saturated carbocycles. The van der Waals surface area contributed by atoms with Crippen LogP contribution in [0.15, 0.2) is 59.7 Å². The van der Waals surface area contributed by atoms with Crippen LogP contribution in [0.25, 0.3) is 16.8 Å². The van der Waals surface area contributed by atoms with Crippen molar-refractivity contribution in [3.8, 4) is 16.8 Å². The van der Waals surface area contributed by atoms with Gasteiger partial charge in [0.2, 0.25) is 0 Å². The Bertz CT molecular complexity index is 1190. The maximum atomic E-state index is 12.8.